The molecule has 1 fully saturated rings. The number of rotatable bonds is 5. The van der Waals surface area contributed by atoms with Crippen molar-refractivity contribution < 1.29 is 13.9 Å². The summed E-state index contributed by atoms with van der Waals surface area (Å²) in [6.45, 7) is 0.692. The Labute approximate surface area is 165 Å². The van der Waals surface area contributed by atoms with Crippen LogP contribution in [0.5, 0.6) is 5.75 Å². The molecule has 3 aromatic rings. The largest absolute Gasteiger partial charge is 0.496 e. The fourth-order valence-corrected chi connectivity index (χ4v) is 3.76. The zero-order valence-corrected chi connectivity index (χ0v) is 16.0. The number of carbonyl (C=O) groups is 1. The quantitative estimate of drug-likeness (QED) is 0.651. The van der Waals surface area contributed by atoms with Crippen LogP contribution in [0.4, 0.5) is 0 Å². The molecule has 1 atom stereocenters. The van der Waals surface area contributed by atoms with Gasteiger partial charge in [0.25, 0.3) is 5.91 Å². The van der Waals surface area contributed by atoms with Gasteiger partial charge in [-0.2, -0.15) is 0 Å². The SMILES string of the molecule is COc1ccccc1C(=O)N1CCCC[C@@H]1c1ncc(Cc2ccccc2)o1. The lowest BCUT2D eigenvalue weighted by Gasteiger charge is -2.34. The Morgan fingerprint density at radius 3 is 2.75 bits per heavy atom. The molecule has 5 heteroatoms. The monoisotopic (exact) mass is 376 g/mol. The number of likely N-dealkylation sites (tertiary alicyclic amines) is 1. The number of oxazole rings is 1. The van der Waals surface area contributed by atoms with Crippen molar-refractivity contribution in [3.05, 3.63) is 83.6 Å². The fraction of sp³-hybridized carbons (Fsp3) is 0.304. The number of benzene rings is 2. The van der Waals surface area contributed by atoms with E-state index in [2.05, 4.69) is 17.1 Å². The average Bonchev–Trinajstić information content (AvgIpc) is 3.22. The first-order chi connectivity index (χ1) is 13.8. The summed E-state index contributed by atoms with van der Waals surface area (Å²) in [7, 11) is 1.59. The van der Waals surface area contributed by atoms with Gasteiger partial charge < -0.3 is 14.1 Å². The molecule has 1 aromatic heterocycles. The highest BCUT2D eigenvalue weighted by molar-refractivity contribution is 5.97. The highest BCUT2D eigenvalue weighted by Crippen LogP contribution is 2.33. The van der Waals surface area contributed by atoms with Crippen LogP contribution in [0.2, 0.25) is 0 Å². The van der Waals surface area contributed by atoms with E-state index in [9.17, 15) is 4.79 Å². The van der Waals surface area contributed by atoms with Crippen LogP contribution in [0.1, 0.15) is 52.9 Å². The van der Waals surface area contributed by atoms with Crippen LogP contribution < -0.4 is 4.74 Å². The highest BCUT2D eigenvalue weighted by atomic mass is 16.5. The number of para-hydroxylation sites is 1. The number of nitrogens with zero attached hydrogens (tertiary/aromatic N) is 2. The van der Waals surface area contributed by atoms with E-state index in [-0.39, 0.29) is 11.9 Å². The Morgan fingerprint density at radius 1 is 1.14 bits per heavy atom. The summed E-state index contributed by atoms with van der Waals surface area (Å²) >= 11 is 0. The van der Waals surface area contributed by atoms with Gasteiger partial charge in [-0.3, -0.25) is 4.79 Å². The summed E-state index contributed by atoms with van der Waals surface area (Å²) in [4.78, 5) is 19.6. The molecule has 1 aliphatic heterocycles. The van der Waals surface area contributed by atoms with Crippen molar-refractivity contribution in [2.24, 2.45) is 0 Å². The number of aromatic nitrogens is 1. The van der Waals surface area contributed by atoms with Gasteiger partial charge in [-0.05, 0) is 37.0 Å². The van der Waals surface area contributed by atoms with Gasteiger partial charge in [-0.25, -0.2) is 4.98 Å². The maximum atomic E-state index is 13.2. The zero-order valence-electron chi connectivity index (χ0n) is 16.0. The van der Waals surface area contributed by atoms with Crippen LogP contribution in [0.25, 0.3) is 0 Å². The van der Waals surface area contributed by atoms with Gasteiger partial charge in [0, 0.05) is 13.0 Å². The summed E-state index contributed by atoms with van der Waals surface area (Å²) in [5.74, 6) is 1.99. The molecule has 0 bridgehead atoms. The Kier molecular flexibility index (Phi) is 5.42. The summed E-state index contributed by atoms with van der Waals surface area (Å²) in [6.07, 6.45) is 5.36. The molecule has 2 aromatic carbocycles. The number of piperidine rings is 1. The van der Waals surface area contributed by atoms with Crippen LogP contribution in [-0.4, -0.2) is 29.4 Å². The first-order valence-electron chi connectivity index (χ1n) is 9.69. The van der Waals surface area contributed by atoms with Crippen molar-refractivity contribution in [2.45, 2.75) is 31.7 Å². The molecule has 0 saturated carbocycles. The molecule has 1 amide bonds. The van der Waals surface area contributed by atoms with Crippen LogP contribution in [-0.2, 0) is 6.42 Å². The zero-order chi connectivity index (χ0) is 19.3. The van der Waals surface area contributed by atoms with E-state index in [1.807, 2.05) is 47.4 Å². The maximum Gasteiger partial charge on any atom is 0.258 e. The molecule has 5 nitrogen and oxygen atoms in total. The number of carbonyl (C=O) groups excluding carboxylic acids is 1. The van der Waals surface area contributed by atoms with Crippen molar-refractivity contribution in [3.63, 3.8) is 0 Å². The van der Waals surface area contributed by atoms with Gasteiger partial charge in [0.05, 0.1) is 18.9 Å². The van der Waals surface area contributed by atoms with E-state index >= 15 is 0 Å². The third-order valence-corrected chi connectivity index (χ3v) is 5.18. The average molecular weight is 376 g/mol. The van der Waals surface area contributed by atoms with Crippen LogP contribution in [0, 0.1) is 0 Å². The molecule has 1 aliphatic rings. The molecule has 2 heterocycles. The van der Waals surface area contributed by atoms with E-state index in [0.29, 0.717) is 30.2 Å². The fourth-order valence-electron chi connectivity index (χ4n) is 3.76. The lowest BCUT2D eigenvalue weighted by molar-refractivity contribution is 0.0566. The van der Waals surface area contributed by atoms with E-state index in [1.54, 1.807) is 13.3 Å². The summed E-state index contributed by atoms with van der Waals surface area (Å²) < 4.78 is 11.4. The number of ether oxygens (including phenoxy) is 1. The maximum absolute atomic E-state index is 13.2. The molecule has 1 saturated heterocycles. The Bertz CT molecular complexity index is 936. The minimum Gasteiger partial charge on any atom is -0.496 e. The van der Waals surface area contributed by atoms with Gasteiger partial charge in [-0.15, -0.1) is 0 Å². The van der Waals surface area contributed by atoms with Gasteiger partial charge in [0.1, 0.15) is 17.6 Å². The van der Waals surface area contributed by atoms with Crippen molar-refractivity contribution in [2.75, 3.05) is 13.7 Å². The van der Waals surface area contributed by atoms with Crippen LogP contribution in [0.15, 0.2) is 65.2 Å². The molecule has 4 rings (SSSR count). The number of hydrogen-bond acceptors (Lipinski definition) is 4. The summed E-state index contributed by atoms with van der Waals surface area (Å²) in [5, 5.41) is 0. The molecule has 144 valence electrons. The predicted molar refractivity (Wildman–Crippen MR) is 106 cm³/mol. The lowest BCUT2D eigenvalue weighted by Crippen LogP contribution is -2.38. The molecule has 0 spiro atoms. The summed E-state index contributed by atoms with van der Waals surface area (Å²) in [5.41, 5.74) is 1.75. The molecule has 0 aliphatic carbocycles. The number of amides is 1. The van der Waals surface area contributed by atoms with Crippen molar-refractivity contribution >= 4 is 5.91 Å². The molecular weight excluding hydrogens is 352 g/mol. The van der Waals surface area contributed by atoms with Crippen molar-refractivity contribution in [1.82, 2.24) is 9.88 Å². The smallest absolute Gasteiger partial charge is 0.258 e. The predicted octanol–water partition coefficient (Wildman–Crippen LogP) is 4.64. The third-order valence-electron chi connectivity index (χ3n) is 5.18. The molecule has 28 heavy (non-hydrogen) atoms. The first-order valence-corrected chi connectivity index (χ1v) is 9.69. The van der Waals surface area contributed by atoms with Gasteiger partial charge in [0.2, 0.25) is 5.89 Å². The van der Waals surface area contributed by atoms with Crippen LogP contribution in [0.3, 0.4) is 0 Å². The lowest BCUT2D eigenvalue weighted by atomic mass is 10.0. The van der Waals surface area contributed by atoms with Crippen molar-refractivity contribution in [3.8, 4) is 5.75 Å². The minimum absolute atomic E-state index is 0.0371. The Morgan fingerprint density at radius 2 is 1.93 bits per heavy atom. The number of methoxy groups -OCH3 is 1. The second-order valence-electron chi connectivity index (χ2n) is 7.04. The van der Waals surface area contributed by atoms with Crippen LogP contribution >= 0.6 is 0 Å². The Hall–Kier alpha value is -3.08. The molecule has 0 N–H and O–H groups in total. The third kappa shape index (κ3) is 3.79. The van der Waals surface area contributed by atoms with E-state index < -0.39 is 0 Å². The first kappa shape index (κ1) is 18.3. The normalized spacial score (nSPS) is 16.8. The second-order valence-corrected chi connectivity index (χ2v) is 7.04. The topological polar surface area (TPSA) is 55.6 Å². The Balaban J connectivity index is 1.57. The molecule has 0 radical (unpaired) electrons. The summed E-state index contributed by atoms with van der Waals surface area (Å²) in [6, 6.07) is 17.4. The van der Waals surface area contributed by atoms with Crippen molar-refractivity contribution in [1.29, 1.82) is 0 Å². The van der Waals surface area contributed by atoms with E-state index in [1.165, 1.54) is 5.56 Å². The van der Waals surface area contributed by atoms with E-state index in [4.69, 9.17) is 9.15 Å². The molecular formula is C23H24N2O3. The van der Waals surface area contributed by atoms with Gasteiger partial charge >= 0.3 is 0 Å². The van der Waals surface area contributed by atoms with Gasteiger partial charge in [0.15, 0.2) is 0 Å². The highest BCUT2D eigenvalue weighted by Gasteiger charge is 2.33. The minimum atomic E-state index is -0.143. The number of hydrogen-bond donors (Lipinski definition) is 0. The van der Waals surface area contributed by atoms with Gasteiger partial charge in [-0.1, -0.05) is 42.5 Å². The second kappa shape index (κ2) is 8.30. The standard InChI is InChI=1S/C23H24N2O3/c1-27-21-13-6-5-11-19(21)23(26)25-14-8-7-12-20(25)22-24-16-18(28-22)15-17-9-3-2-4-10-17/h2-6,9-11,13,16,20H,7-8,12,14-15H2,1H3/t20-/m1/s1. The van der Waals surface area contributed by atoms with E-state index in [0.717, 1.165) is 25.0 Å². The molecule has 0 unspecified atom stereocenters.